The Morgan fingerprint density at radius 2 is 1.54 bits per heavy atom. The summed E-state index contributed by atoms with van der Waals surface area (Å²) in [6.07, 6.45) is 14.0. The second-order valence-corrected chi connectivity index (χ2v) is 5.92. The summed E-state index contributed by atoms with van der Waals surface area (Å²) in [6, 6.07) is 3.35. The molecule has 0 spiro atoms. The van der Waals surface area contributed by atoms with Gasteiger partial charge in [-0.3, -0.25) is 9.78 Å². The Kier molecular flexibility index (Phi) is 14.7. The fourth-order valence-corrected chi connectivity index (χ4v) is 1.97. The van der Waals surface area contributed by atoms with E-state index in [1.165, 1.54) is 43.4 Å². The van der Waals surface area contributed by atoms with Crippen LogP contribution in [-0.2, 0) is 9.53 Å². The Hall–Kier alpha value is -1.91. The second-order valence-electron chi connectivity index (χ2n) is 5.92. The summed E-state index contributed by atoms with van der Waals surface area (Å²) in [6.45, 7) is 2.76. The first-order valence-electron chi connectivity index (χ1n) is 8.80. The van der Waals surface area contributed by atoms with E-state index in [9.17, 15) is 9.59 Å². The average Bonchev–Trinajstić information content (AvgIpc) is 2.61. The molecule has 1 aromatic heterocycles. The molecule has 5 nitrogen and oxygen atoms in total. The highest BCUT2D eigenvalue weighted by molar-refractivity contribution is 5.89. The van der Waals surface area contributed by atoms with Crippen molar-refractivity contribution in [1.29, 1.82) is 0 Å². The Morgan fingerprint density at radius 3 is 2.04 bits per heavy atom. The molecule has 0 radical (unpaired) electrons. The monoisotopic (exact) mass is 336 g/mol. The summed E-state index contributed by atoms with van der Waals surface area (Å²) in [4.78, 5) is 26.3. The highest BCUT2D eigenvalue weighted by Gasteiger charge is 2.05. The van der Waals surface area contributed by atoms with Gasteiger partial charge < -0.3 is 9.64 Å². The number of nitrogens with zero attached hydrogens (tertiary/aromatic N) is 2. The summed E-state index contributed by atoms with van der Waals surface area (Å²) in [5.74, 6) is -0.245. The van der Waals surface area contributed by atoms with Crippen LogP contribution in [-0.4, -0.2) is 43.0 Å². The molecule has 1 heterocycles. The lowest BCUT2D eigenvalue weighted by Gasteiger charge is -2.04. The van der Waals surface area contributed by atoms with Crippen molar-refractivity contribution >= 4 is 12.4 Å². The number of carbonyl (C=O) groups excluding carboxylic acids is 2. The quantitative estimate of drug-likeness (QED) is 0.347. The summed E-state index contributed by atoms with van der Waals surface area (Å²) >= 11 is 0. The Bertz CT molecular complexity index is 422. The topological polar surface area (TPSA) is 59.5 Å². The molecule has 0 aliphatic rings. The van der Waals surface area contributed by atoms with E-state index in [1.54, 1.807) is 38.6 Å². The van der Waals surface area contributed by atoms with Crippen molar-refractivity contribution in [1.82, 2.24) is 9.88 Å². The predicted molar refractivity (Wildman–Crippen MR) is 96.9 cm³/mol. The molecular weight excluding hydrogens is 304 g/mol. The number of aromatic nitrogens is 1. The molecule has 0 saturated heterocycles. The van der Waals surface area contributed by atoms with Crippen LogP contribution in [0.25, 0.3) is 0 Å². The Balaban J connectivity index is 0.000000922. The molecule has 0 aliphatic carbocycles. The van der Waals surface area contributed by atoms with E-state index < -0.39 is 0 Å². The number of rotatable bonds is 11. The summed E-state index contributed by atoms with van der Waals surface area (Å²) < 4.78 is 5.21. The molecule has 1 amide bonds. The number of carbonyl (C=O) groups is 2. The molecule has 0 atom stereocenters. The summed E-state index contributed by atoms with van der Waals surface area (Å²) in [5, 5.41) is 0. The SMILES string of the molecule is CCCCCCCCCCOC(=O)c1ccncc1.CN(C)C=O. The maximum atomic E-state index is 11.6. The number of hydrogen-bond acceptors (Lipinski definition) is 4. The van der Waals surface area contributed by atoms with E-state index in [0.717, 1.165) is 19.3 Å². The maximum Gasteiger partial charge on any atom is 0.338 e. The minimum absolute atomic E-state index is 0.245. The van der Waals surface area contributed by atoms with Crippen LogP contribution >= 0.6 is 0 Å². The van der Waals surface area contributed by atoms with Crippen LogP contribution in [0.3, 0.4) is 0 Å². The van der Waals surface area contributed by atoms with Crippen LogP contribution < -0.4 is 0 Å². The van der Waals surface area contributed by atoms with E-state index >= 15 is 0 Å². The van der Waals surface area contributed by atoms with Gasteiger partial charge in [-0.1, -0.05) is 51.9 Å². The van der Waals surface area contributed by atoms with Crippen LogP contribution in [0.15, 0.2) is 24.5 Å². The normalized spacial score (nSPS) is 9.62. The summed E-state index contributed by atoms with van der Waals surface area (Å²) in [5.41, 5.74) is 0.578. The second kappa shape index (κ2) is 16.0. The van der Waals surface area contributed by atoms with Gasteiger partial charge in [0, 0.05) is 26.5 Å². The molecule has 0 N–H and O–H groups in total. The van der Waals surface area contributed by atoms with E-state index in [0.29, 0.717) is 12.2 Å². The molecule has 24 heavy (non-hydrogen) atoms. The van der Waals surface area contributed by atoms with Crippen molar-refractivity contribution in [2.45, 2.75) is 58.3 Å². The third kappa shape index (κ3) is 13.7. The predicted octanol–water partition coefficient (Wildman–Crippen LogP) is 4.08. The van der Waals surface area contributed by atoms with Crippen LogP contribution in [0.4, 0.5) is 0 Å². The van der Waals surface area contributed by atoms with E-state index in [1.807, 2.05) is 0 Å². The fraction of sp³-hybridized carbons (Fsp3) is 0.632. The van der Waals surface area contributed by atoms with Crippen LogP contribution in [0, 0.1) is 0 Å². The van der Waals surface area contributed by atoms with Crippen molar-refractivity contribution in [2.75, 3.05) is 20.7 Å². The van der Waals surface area contributed by atoms with Crippen molar-refractivity contribution in [3.63, 3.8) is 0 Å². The van der Waals surface area contributed by atoms with Crippen LogP contribution in [0.1, 0.15) is 68.6 Å². The molecule has 0 aromatic carbocycles. The standard InChI is InChI=1S/C16H25NO2.C3H7NO/c1-2-3-4-5-6-7-8-9-14-19-16(18)15-10-12-17-13-11-15;1-4(2)3-5/h10-13H,2-9,14H2,1H3;3H,1-2H3. The first-order chi connectivity index (χ1) is 11.6. The Labute approximate surface area is 146 Å². The minimum Gasteiger partial charge on any atom is -0.462 e. The largest absolute Gasteiger partial charge is 0.462 e. The van der Waals surface area contributed by atoms with Gasteiger partial charge in [-0.25, -0.2) is 4.79 Å². The van der Waals surface area contributed by atoms with Gasteiger partial charge in [-0.2, -0.15) is 0 Å². The van der Waals surface area contributed by atoms with E-state index in [4.69, 9.17) is 4.74 Å². The number of ether oxygens (including phenoxy) is 1. The van der Waals surface area contributed by atoms with Crippen molar-refractivity contribution in [3.05, 3.63) is 30.1 Å². The lowest BCUT2D eigenvalue weighted by Crippen LogP contribution is -2.06. The number of hydrogen-bond donors (Lipinski definition) is 0. The van der Waals surface area contributed by atoms with Crippen LogP contribution in [0.5, 0.6) is 0 Å². The molecule has 1 aromatic rings. The average molecular weight is 336 g/mol. The van der Waals surface area contributed by atoms with Gasteiger partial charge in [0.2, 0.25) is 6.41 Å². The van der Waals surface area contributed by atoms with Gasteiger partial charge in [0.1, 0.15) is 0 Å². The highest BCUT2D eigenvalue weighted by Crippen LogP contribution is 2.08. The molecule has 0 saturated carbocycles. The zero-order valence-corrected chi connectivity index (χ0v) is 15.4. The van der Waals surface area contributed by atoms with Gasteiger partial charge in [-0.05, 0) is 18.6 Å². The molecule has 0 bridgehead atoms. The molecule has 136 valence electrons. The number of unbranched alkanes of at least 4 members (excludes halogenated alkanes) is 7. The lowest BCUT2D eigenvalue weighted by atomic mass is 10.1. The van der Waals surface area contributed by atoms with Crippen molar-refractivity contribution in [2.24, 2.45) is 0 Å². The third-order valence-electron chi connectivity index (χ3n) is 3.36. The number of esters is 1. The molecule has 1 rings (SSSR count). The first kappa shape index (κ1) is 22.1. The molecule has 5 heteroatoms. The zero-order valence-electron chi connectivity index (χ0n) is 15.4. The molecule has 0 unspecified atom stereocenters. The third-order valence-corrected chi connectivity index (χ3v) is 3.36. The van der Waals surface area contributed by atoms with Crippen LogP contribution in [0.2, 0.25) is 0 Å². The molecular formula is C19H32N2O3. The zero-order chi connectivity index (χ0) is 18.0. The molecule has 0 aliphatic heterocycles. The summed E-state index contributed by atoms with van der Waals surface area (Å²) in [7, 11) is 3.38. The van der Waals surface area contributed by atoms with E-state index in [-0.39, 0.29) is 5.97 Å². The minimum atomic E-state index is -0.245. The van der Waals surface area contributed by atoms with Crippen molar-refractivity contribution < 1.29 is 14.3 Å². The lowest BCUT2D eigenvalue weighted by molar-refractivity contribution is -0.115. The van der Waals surface area contributed by atoms with Crippen molar-refractivity contribution in [3.8, 4) is 0 Å². The molecule has 0 fully saturated rings. The maximum absolute atomic E-state index is 11.6. The van der Waals surface area contributed by atoms with Gasteiger partial charge in [-0.15, -0.1) is 0 Å². The van der Waals surface area contributed by atoms with Gasteiger partial charge in [0.25, 0.3) is 0 Å². The Morgan fingerprint density at radius 1 is 1.04 bits per heavy atom. The smallest absolute Gasteiger partial charge is 0.338 e. The number of pyridine rings is 1. The van der Waals surface area contributed by atoms with E-state index in [2.05, 4.69) is 11.9 Å². The first-order valence-corrected chi connectivity index (χ1v) is 8.80. The van der Waals surface area contributed by atoms with Gasteiger partial charge >= 0.3 is 5.97 Å². The van der Waals surface area contributed by atoms with Gasteiger partial charge in [0.15, 0.2) is 0 Å². The highest BCUT2D eigenvalue weighted by atomic mass is 16.5. The number of amides is 1. The fourth-order valence-electron chi connectivity index (χ4n) is 1.97. The van der Waals surface area contributed by atoms with Gasteiger partial charge in [0.05, 0.1) is 12.2 Å².